The number of halogens is 4. The van der Waals surface area contributed by atoms with Gasteiger partial charge < -0.3 is 10.6 Å². The van der Waals surface area contributed by atoms with Crippen LogP contribution in [0, 0.1) is 12.7 Å². The van der Waals surface area contributed by atoms with Crippen molar-refractivity contribution in [3.63, 3.8) is 0 Å². The van der Waals surface area contributed by atoms with Crippen molar-refractivity contribution in [2.45, 2.75) is 13.1 Å². The Kier molecular flexibility index (Phi) is 6.33. The smallest absolute Gasteiger partial charge is 0.343 e. The van der Waals surface area contributed by atoms with Gasteiger partial charge >= 0.3 is 6.18 Å². The minimum absolute atomic E-state index is 0.0294. The van der Waals surface area contributed by atoms with Gasteiger partial charge in [-0.25, -0.2) is 4.39 Å². The number of rotatable bonds is 5. The maximum Gasteiger partial charge on any atom is 0.405 e. The van der Waals surface area contributed by atoms with Crippen molar-refractivity contribution >= 4 is 23.6 Å². The summed E-state index contributed by atoms with van der Waals surface area (Å²) in [5.74, 6) is -1.97. The van der Waals surface area contributed by atoms with Gasteiger partial charge in [-0.1, -0.05) is 24.3 Å². The highest BCUT2D eigenvalue weighted by Gasteiger charge is 2.28. The molecule has 0 aliphatic heterocycles. The summed E-state index contributed by atoms with van der Waals surface area (Å²) in [6.45, 7) is 0.209. The highest BCUT2D eigenvalue weighted by Crippen LogP contribution is 2.18. The Morgan fingerprint density at radius 3 is 2.48 bits per heavy atom. The average molecular weight is 380 g/mol. The number of amides is 2. The number of carbonyl (C=O) groups is 2. The fourth-order valence-electron chi connectivity index (χ4n) is 2.13. The molecule has 142 valence electrons. The molecule has 8 heteroatoms. The summed E-state index contributed by atoms with van der Waals surface area (Å²) in [4.78, 5) is 23.8. The summed E-state index contributed by atoms with van der Waals surface area (Å²) in [5, 5.41) is 4.28. The number of carbonyl (C=O) groups excluding carboxylic acids is 2. The van der Waals surface area contributed by atoms with Gasteiger partial charge in [0.15, 0.2) is 0 Å². The Morgan fingerprint density at radius 2 is 1.81 bits per heavy atom. The number of alkyl halides is 3. The monoisotopic (exact) mass is 380 g/mol. The third-order valence-corrected chi connectivity index (χ3v) is 3.53. The van der Waals surface area contributed by atoms with E-state index in [0.717, 1.165) is 6.08 Å². The lowest BCUT2D eigenvalue weighted by atomic mass is 10.1. The van der Waals surface area contributed by atoms with Crippen molar-refractivity contribution in [1.29, 1.82) is 0 Å². The lowest BCUT2D eigenvalue weighted by Crippen LogP contribution is -2.33. The van der Waals surface area contributed by atoms with E-state index in [1.54, 1.807) is 18.3 Å². The van der Waals surface area contributed by atoms with Gasteiger partial charge in [-0.3, -0.25) is 9.59 Å². The van der Waals surface area contributed by atoms with E-state index in [0.29, 0.717) is 5.56 Å². The molecule has 0 bridgehead atoms. The molecular formula is C19H16F4N2O2. The van der Waals surface area contributed by atoms with E-state index in [4.69, 9.17) is 0 Å². The fraction of sp³-hybridized carbons (Fsp3) is 0.158. The second kappa shape index (κ2) is 8.48. The molecule has 0 spiro atoms. The zero-order chi connectivity index (χ0) is 20.0. The van der Waals surface area contributed by atoms with E-state index in [9.17, 15) is 27.2 Å². The van der Waals surface area contributed by atoms with Gasteiger partial charge in [0.2, 0.25) is 5.91 Å². The second-order valence-electron chi connectivity index (χ2n) is 5.67. The van der Waals surface area contributed by atoms with Gasteiger partial charge in [-0.2, -0.15) is 13.2 Å². The number of hydrogen-bond donors (Lipinski definition) is 2. The second-order valence-corrected chi connectivity index (χ2v) is 5.67. The van der Waals surface area contributed by atoms with Crippen LogP contribution >= 0.6 is 0 Å². The molecule has 2 aromatic rings. The van der Waals surface area contributed by atoms with Crippen LogP contribution in [0.15, 0.2) is 48.5 Å². The van der Waals surface area contributed by atoms with Crippen molar-refractivity contribution in [2.24, 2.45) is 0 Å². The summed E-state index contributed by atoms with van der Waals surface area (Å²) < 4.78 is 50.1. The largest absolute Gasteiger partial charge is 0.405 e. The summed E-state index contributed by atoms with van der Waals surface area (Å²) >= 11 is 0. The predicted octanol–water partition coefficient (Wildman–Crippen LogP) is 4.08. The molecule has 2 aromatic carbocycles. The van der Waals surface area contributed by atoms with E-state index in [-0.39, 0.29) is 16.8 Å². The highest BCUT2D eigenvalue weighted by atomic mass is 19.4. The Bertz CT molecular complexity index is 876. The lowest BCUT2D eigenvalue weighted by molar-refractivity contribution is -0.123. The summed E-state index contributed by atoms with van der Waals surface area (Å²) in [6.07, 6.45) is -2.11. The van der Waals surface area contributed by atoms with Crippen LogP contribution in [0.4, 0.5) is 23.2 Å². The van der Waals surface area contributed by atoms with Crippen LogP contribution in [-0.2, 0) is 4.79 Å². The van der Waals surface area contributed by atoms with Gasteiger partial charge in [-0.05, 0) is 36.8 Å². The maximum absolute atomic E-state index is 13.5. The Morgan fingerprint density at radius 1 is 1.11 bits per heavy atom. The molecule has 0 atom stereocenters. The zero-order valence-corrected chi connectivity index (χ0v) is 14.2. The molecule has 27 heavy (non-hydrogen) atoms. The molecule has 2 amide bonds. The van der Waals surface area contributed by atoms with E-state index >= 15 is 0 Å². The lowest BCUT2D eigenvalue weighted by Gasteiger charge is -2.11. The van der Waals surface area contributed by atoms with E-state index in [2.05, 4.69) is 5.32 Å². The summed E-state index contributed by atoms with van der Waals surface area (Å²) in [6, 6.07) is 10.0. The zero-order valence-electron chi connectivity index (χ0n) is 14.2. The van der Waals surface area contributed by atoms with Crippen LogP contribution in [0.3, 0.4) is 0 Å². The SMILES string of the molecule is Cc1ccc(C(=O)NCC(F)(F)F)cc1NC(=O)/C=C/c1ccccc1F. The van der Waals surface area contributed by atoms with Gasteiger partial charge in [0.25, 0.3) is 5.91 Å². The van der Waals surface area contributed by atoms with Crippen molar-refractivity contribution in [3.8, 4) is 0 Å². The van der Waals surface area contributed by atoms with Gasteiger partial charge in [0, 0.05) is 22.9 Å². The molecule has 4 nitrogen and oxygen atoms in total. The molecule has 0 aromatic heterocycles. The molecule has 0 fully saturated rings. The van der Waals surface area contributed by atoms with Gasteiger partial charge in [0.05, 0.1) is 0 Å². The molecular weight excluding hydrogens is 364 g/mol. The van der Waals surface area contributed by atoms with Crippen LogP contribution < -0.4 is 10.6 Å². The number of nitrogens with one attached hydrogen (secondary N) is 2. The minimum Gasteiger partial charge on any atom is -0.343 e. The molecule has 0 radical (unpaired) electrons. The normalized spacial score (nSPS) is 11.4. The molecule has 0 unspecified atom stereocenters. The quantitative estimate of drug-likeness (QED) is 0.607. The molecule has 2 rings (SSSR count). The summed E-state index contributed by atoms with van der Waals surface area (Å²) in [5.41, 5.74) is 1.07. The topological polar surface area (TPSA) is 58.2 Å². The van der Waals surface area contributed by atoms with E-state index in [1.807, 2.05) is 0 Å². The Hall–Kier alpha value is -3.16. The standard InChI is InChI=1S/C19H16F4N2O2/c1-12-6-7-14(18(27)24-11-19(21,22)23)10-16(12)25-17(26)9-8-13-4-2-3-5-15(13)20/h2-10H,11H2,1H3,(H,24,27)(H,25,26)/b9-8+. The molecule has 0 saturated carbocycles. The average Bonchev–Trinajstić information content (AvgIpc) is 2.60. The first-order chi connectivity index (χ1) is 12.7. The van der Waals surface area contributed by atoms with Crippen LogP contribution in [-0.4, -0.2) is 24.5 Å². The van der Waals surface area contributed by atoms with Gasteiger partial charge in [0.1, 0.15) is 12.4 Å². The first-order valence-electron chi connectivity index (χ1n) is 7.85. The van der Waals surface area contributed by atoms with Crippen molar-refractivity contribution in [1.82, 2.24) is 5.32 Å². The minimum atomic E-state index is -4.52. The van der Waals surface area contributed by atoms with Crippen molar-refractivity contribution in [2.75, 3.05) is 11.9 Å². The predicted molar refractivity (Wildman–Crippen MR) is 93.6 cm³/mol. The van der Waals surface area contributed by atoms with Crippen molar-refractivity contribution in [3.05, 3.63) is 71.0 Å². The number of aryl methyl sites for hydroxylation is 1. The highest BCUT2D eigenvalue weighted by molar-refractivity contribution is 6.03. The third-order valence-electron chi connectivity index (χ3n) is 3.53. The number of benzene rings is 2. The first kappa shape index (κ1) is 20.2. The molecule has 0 aliphatic carbocycles. The number of hydrogen-bond acceptors (Lipinski definition) is 2. The maximum atomic E-state index is 13.5. The summed E-state index contributed by atoms with van der Waals surface area (Å²) in [7, 11) is 0. The molecule has 0 heterocycles. The van der Waals surface area contributed by atoms with Crippen LogP contribution in [0.1, 0.15) is 21.5 Å². The van der Waals surface area contributed by atoms with Gasteiger partial charge in [-0.15, -0.1) is 0 Å². The van der Waals surface area contributed by atoms with Crippen molar-refractivity contribution < 1.29 is 27.2 Å². The van der Waals surface area contributed by atoms with Crippen LogP contribution in [0.5, 0.6) is 0 Å². The molecule has 0 aliphatic rings. The third kappa shape index (κ3) is 6.25. The Balaban J connectivity index is 2.08. The fourth-order valence-corrected chi connectivity index (χ4v) is 2.13. The molecule has 0 saturated heterocycles. The van der Waals surface area contributed by atoms with Crippen LogP contribution in [0.2, 0.25) is 0 Å². The molecule has 2 N–H and O–H groups in total. The van der Waals surface area contributed by atoms with Crippen LogP contribution in [0.25, 0.3) is 6.08 Å². The first-order valence-corrected chi connectivity index (χ1v) is 7.85. The van der Waals surface area contributed by atoms with E-state index in [1.165, 1.54) is 42.5 Å². The Labute approximate surface area is 152 Å². The number of anilines is 1. The van der Waals surface area contributed by atoms with E-state index < -0.39 is 30.4 Å².